The second-order valence-electron chi connectivity index (χ2n) is 4.70. The average molecular weight is 343 g/mol. The van der Waals surface area contributed by atoms with Crippen LogP contribution in [0.2, 0.25) is 5.02 Å². The number of halogens is 1. The van der Waals surface area contributed by atoms with E-state index in [9.17, 15) is 4.79 Å². The minimum Gasteiger partial charge on any atom is -0.495 e. The lowest BCUT2D eigenvalue weighted by atomic mass is 10.2. The number of carbonyl (C=O) groups is 1. The van der Waals surface area contributed by atoms with Gasteiger partial charge in [-0.25, -0.2) is 0 Å². The highest BCUT2D eigenvalue weighted by atomic mass is 35.5. The minimum atomic E-state index is -0.491. The van der Waals surface area contributed by atoms with Gasteiger partial charge in [0, 0.05) is 30.2 Å². The number of nitrogens with zero attached hydrogens (tertiary/aromatic N) is 2. The second-order valence-corrected chi connectivity index (χ2v) is 5.14. The van der Waals surface area contributed by atoms with E-state index >= 15 is 0 Å². The molecule has 24 heavy (non-hydrogen) atoms. The van der Waals surface area contributed by atoms with Crippen LogP contribution in [0.5, 0.6) is 5.75 Å². The summed E-state index contributed by atoms with van der Waals surface area (Å²) < 4.78 is 5.19. The van der Waals surface area contributed by atoms with Crippen LogP contribution in [0.25, 0.3) is 0 Å². The lowest BCUT2D eigenvalue weighted by molar-refractivity contribution is -0.117. The van der Waals surface area contributed by atoms with Gasteiger partial charge in [0.25, 0.3) is 5.91 Å². The third kappa shape index (κ3) is 4.73. The maximum absolute atomic E-state index is 12.1. The van der Waals surface area contributed by atoms with Crippen LogP contribution in [0, 0.1) is 11.3 Å². The fourth-order valence-corrected chi connectivity index (χ4v) is 2.04. The van der Waals surface area contributed by atoms with Gasteiger partial charge >= 0.3 is 0 Å². The van der Waals surface area contributed by atoms with Gasteiger partial charge in [0.05, 0.1) is 12.8 Å². The number of anilines is 1. The number of nitriles is 1. The predicted octanol–water partition coefficient (Wildman–Crippen LogP) is 2.88. The largest absolute Gasteiger partial charge is 0.495 e. The summed E-state index contributed by atoms with van der Waals surface area (Å²) in [5.41, 5.74) is 1.33. The molecule has 1 aromatic heterocycles. The van der Waals surface area contributed by atoms with Gasteiger partial charge in [-0.1, -0.05) is 17.7 Å². The number of hydrogen-bond donors (Lipinski definition) is 2. The molecule has 0 unspecified atom stereocenters. The summed E-state index contributed by atoms with van der Waals surface area (Å²) >= 11 is 5.94. The summed E-state index contributed by atoms with van der Waals surface area (Å²) in [6, 6.07) is 10.5. The zero-order chi connectivity index (χ0) is 17.4. The van der Waals surface area contributed by atoms with E-state index in [4.69, 9.17) is 21.6 Å². The SMILES string of the molecule is COc1ccc(Cl)cc1N/C=C(/C#N)C(=O)NCc1cccnc1. The first kappa shape index (κ1) is 17.3. The van der Waals surface area contributed by atoms with E-state index in [1.165, 1.54) is 13.3 Å². The van der Waals surface area contributed by atoms with Crippen LogP contribution in [0.1, 0.15) is 5.56 Å². The number of carbonyl (C=O) groups excluding carboxylic acids is 1. The highest BCUT2D eigenvalue weighted by molar-refractivity contribution is 6.30. The summed E-state index contributed by atoms with van der Waals surface area (Å²) in [5.74, 6) is 0.0542. The van der Waals surface area contributed by atoms with Gasteiger partial charge in [0.1, 0.15) is 17.4 Å². The lowest BCUT2D eigenvalue weighted by Gasteiger charge is -2.09. The van der Waals surface area contributed by atoms with E-state index in [0.29, 0.717) is 16.5 Å². The van der Waals surface area contributed by atoms with Crippen molar-refractivity contribution in [1.29, 1.82) is 5.26 Å². The van der Waals surface area contributed by atoms with Crippen molar-refractivity contribution < 1.29 is 9.53 Å². The van der Waals surface area contributed by atoms with Crippen molar-refractivity contribution >= 4 is 23.2 Å². The number of nitrogens with one attached hydrogen (secondary N) is 2. The highest BCUT2D eigenvalue weighted by Crippen LogP contribution is 2.27. The van der Waals surface area contributed by atoms with Gasteiger partial charge in [0.2, 0.25) is 0 Å². The molecule has 0 fully saturated rings. The quantitative estimate of drug-likeness (QED) is 0.622. The molecule has 2 rings (SSSR count). The molecule has 6 nitrogen and oxygen atoms in total. The van der Waals surface area contributed by atoms with Crippen molar-refractivity contribution in [2.75, 3.05) is 12.4 Å². The molecule has 2 N–H and O–H groups in total. The molecule has 1 amide bonds. The molecule has 0 spiro atoms. The summed E-state index contributed by atoms with van der Waals surface area (Å²) in [5, 5.41) is 15.2. The van der Waals surface area contributed by atoms with Gasteiger partial charge in [-0.3, -0.25) is 9.78 Å². The van der Waals surface area contributed by atoms with Crippen LogP contribution in [-0.2, 0) is 11.3 Å². The first-order chi connectivity index (χ1) is 11.6. The molecule has 2 aromatic rings. The maximum atomic E-state index is 12.1. The van der Waals surface area contributed by atoms with E-state index in [1.54, 1.807) is 36.7 Å². The normalized spacial score (nSPS) is 10.6. The molecule has 0 aliphatic rings. The summed E-state index contributed by atoms with van der Waals surface area (Å²) in [6.07, 6.45) is 4.60. The van der Waals surface area contributed by atoms with Gasteiger partial charge in [-0.15, -0.1) is 0 Å². The van der Waals surface area contributed by atoms with E-state index in [-0.39, 0.29) is 12.1 Å². The molecule has 0 aliphatic heterocycles. The van der Waals surface area contributed by atoms with Gasteiger partial charge in [-0.2, -0.15) is 5.26 Å². The van der Waals surface area contributed by atoms with Crippen molar-refractivity contribution in [2.24, 2.45) is 0 Å². The molecule has 0 radical (unpaired) electrons. The Balaban J connectivity index is 2.05. The van der Waals surface area contributed by atoms with E-state index in [0.717, 1.165) is 5.56 Å². The number of aromatic nitrogens is 1. The molecule has 0 saturated carbocycles. The Labute approximate surface area is 144 Å². The van der Waals surface area contributed by atoms with Gasteiger partial charge < -0.3 is 15.4 Å². The molecule has 0 saturated heterocycles. The fraction of sp³-hybridized carbons (Fsp3) is 0.118. The minimum absolute atomic E-state index is 0.0686. The third-order valence-corrected chi connectivity index (χ3v) is 3.31. The molecule has 0 aliphatic carbocycles. The molecule has 0 bridgehead atoms. The van der Waals surface area contributed by atoms with Crippen molar-refractivity contribution in [1.82, 2.24) is 10.3 Å². The molecule has 122 valence electrons. The number of hydrogen-bond acceptors (Lipinski definition) is 5. The number of benzene rings is 1. The number of rotatable bonds is 6. The van der Waals surface area contributed by atoms with Crippen molar-refractivity contribution in [3.8, 4) is 11.8 Å². The van der Waals surface area contributed by atoms with Crippen LogP contribution in [0.4, 0.5) is 5.69 Å². The fourth-order valence-electron chi connectivity index (χ4n) is 1.87. The van der Waals surface area contributed by atoms with Crippen molar-refractivity contribution in [2.45, 2.75) is 6.54 Å². The maximum Gasteiger partial charge on any atom is 0.263 e. The summed E-state index contributed by atoms with van der Waals surface area (Å²) in [4.78, 5) is 16.0. The van der Waals surface area contributed by atoms with Crippen LogP contribution < -0.4 is 15.4 Å². The zero-order valence-electron chi connectivity index (χ0n) is 12.9. The Kier molecular flexibility index (Phi) is 6.17. The first-order valence-electron chi connectivity index (χ1n) is 7.01. The Bertz CT molecular complexity index is 785. The lowest BCUT2D eigenvalue weighted by Crippen LogP contribution is -2.24. The predicted molar refractivity (Wildman–Crippen MR) is 91.4 cm³/mol. The zero-order valence-corrected chi connectivity index (χ0v) is 13.7. The molecule has 1 heterocycles. The van der Waals surface area contributed by atoms with Crippen LogP contribution in [0.3, 0.4) is 0 Å². The standard InChI is InChI=1S/C17H15ClN4O2/c1-24-16-5-4-14(18)7-15(16)21-11-13(8-19)17(23)22-10-12-3-2-6-20-9-12/h2-7,9,11,21H,10H2,1H3,(H,22,23)/b13-11-. The Morgan fingerprint density at radius 3 is 2.96 bits per heavy atom. The Morgan fingerprint density at radius 2 is 2.29 bits per heavy atom. The summed E-state index contributed by atoms with van der Waals surface area (Å²) in [6.45, 7) is 0.284. The highest BCUT2D eigenvalue weighted by Gasteiger charge is 2.09. The van der Waals surface area contributed by atoms with Gasteiger partial charge in [-0.05, 0) is 29.8 Å². The van der Waals surface area contributed by atoms with E-state index in [2.05, 4.69) is 15.6 Å². The van der Waals surface area contributed by atoms with Crippen LogP contribution in [-0.4, -0.2) is 18.0 Å². The number of pyridine rings is 1. The van der Waals surface area contributed by atoms with Crippen molar-refractivity contribution in [3.05, 3.63) is 65.1 Å². The molecule has 0 atom stereocenters. The molecular formula is C17H15ClN4O2. The average Bonchev–Trinajstić information content (AvgIpc) is 2.61. The van der Waals surface area contributed by atoms with Gasteiger partial charge in [0.15, 0.2) is 0 Å². The van der Waals surface area contributed by atoms with Crippen molar-refractivity contribution in [3.63, 3.8) is 0 Å². The van der Waals surface area contributed by atoms with E-state index in [1.807, 2.05) is 12.1 Å². The Hall–Kier alpha value is -3.04. The first-order valence-corrected chi connectivity index (χ1v) is 7.39. The third-order valence-electron chi connectivity index (χ3n) is 3.07. The number of methoxy groups -OCH3 is 1. The second kappa shape index (κ2) is 8.56. The Morgan fingerprint density at radius 1 is 1.46 bits per heavy atom. The van der Waals surface area contributed by atoms with Crippen LogP contribution in [0.15, 0.2) is 54.5 Å². The van der Waals surface area contributed by atoms with Crippen LogP contribution >= 0.6 is 11.6 Å². The smallest absolute Gasteiger partial charge is 0.263 e. The summed E-state index contributed by atoms with van der Waals surface area (Å²) in [7, 11) is 1.52. The molecule has 1 aromatic carbocycles. The molecular weight excluding hydrogens is 328 g/mol. The topological polar surface area (TPSA) is 87.0 Å². The van der Waals surface area contributed by atoms with E-state index < -0.39 is 5.91 Å². The number of amides is 1. The number of ether oxygens (including phenoxy) is 1. The molecule has 7 heteroatoms. The monoisotopic (exact) mass is 342 g/mol.